The molecule has 0 spiro atoms. The highest BCUT2D eigenvalue weighted by molar-refractivity contribution is 6.32. The van der Waals surface area contributed by atoms with Crippen LogP contribution in [0.5, 0.6) is 5.75 Å². The van der Waals surface area contributed by atoms with Crippen LogP contribution in [0.4, 0.5) is 5.69 Å². The topological polar surface area (TPSA) is 39.1 Å². The van der Waals surface area contributed by atoms with Crippen LogP contribution in [0.15, 0.2) is 30.6 Å². The molecule has 0 saturated heterocycles. The van der Waals surface area contributed by atoms with Crippen molar-refractivity contribution in [1.29, 1.82) is 0 Å². The summed E-state index contributed by atoms with van der Waals surface area (Å²) >= 11 is 6.22. The van der Waals surface area contributed by atoms with Gasteiger partial charge in [-0.1, -0.05) is 18.5 Å². The van der Waals surface area contributed by atoms with Crippen molar-refractivity contribution in [3.05, 3.63) is 41.2 Å². The molecule has 1 aromatic heterocycles. The Balaban J connectivity index is 2.04. The predicted molar refractivity (Wildman–Crippen MR) is 82.5 cm³/mol. The number of anilines is 1. The van der Waals surface area contributed by atoms with Gasteiger partial charge in [-0.2, -0.15) is 5.10 Å². The van der Waals surface area contributed by atoms with Gasteiger partial charge in [0, 0.05) is 24.5 Å². The maximum atomic E-state index is 6.22. The third-order valence-corrected chi connectivity index (χ3v) is 3.30. The third-order valence-electron chi connectivity index (χ3n) is 3.00. The Morgan fingerprint density at radius 2 is 2.25 bits per heavy atom. The van der Waals surface area contributed by atoms with Crippen LogP contribution in [0.1, 0.15) is 31.9 Å². The molecule has 2 rings (SSSR count). The van der Waals surface area contributed by atoms with Gasteiger partial charge in [-0.3, -0.25) is 4.68 Å². The molecule has 0 aliphatic heterocycles. The first kappa shape index (κ1) is 14.7. The molecule has 0 aliphatic rings. The van der Waals surface area contributed by atoms with Gasteiger partial charge in [-0.25, -0.2) is 0 Å². The van der Waals surface area contributed by atoms with E-state index in [4.69, 9.17) is 16.3 Å². The van der Waals surface area contributed by atoms with Crippen molar-refractivity contribution >= 4 is 17.3 Å². The summed E-state index contributed by atoms with van der Waals surface area (Å²) < 4.78 is 7.35. The van der Waals surface area contributed by atoms with Crippen LogP contribution in [0, 0.1) is 0 Å². The van der Waals surface area contributed by atoms with E-state index < -0.39 is 0 Å². The lowest BCUT2D eigenvalue weighted by molar-refractivity contribution is 0.317. The van der Waals surface area contributed by atoms with Crippen LogP contribution >= 0.6 is 11.6 Å². The van der Waals surface area contributed by atoms with Gasteiger partial charge in [0.2, 0.25) is 0 Å². The van der Waals surface area contributed by atoms with Gasteiger partial charge in [0.05, 0.1) is 23.9 Å². The molecule has 4 nitrogen and oxygen atoms in total. The van der Waals surface area contributed by atoms with Crippen molar-refractivity contribution in [2.75, 3.05) is 11.9 Å². The van der Waals surface area contributed by atoms with Crippen LogP contribution in [-0.2, 0) is 7.05 Å². The lowest BCUT2D eigenvalue weighted by Crippen LogP contribution is -2.06. The zero-order valence-electron chi connectivity index (χ0n) is 12.1. The van der Waals surface area contributed by atoms with Crippen molar-refractivity contribution in [3.63, 3.8) is 0 Å². The normalized spacial score (nSPS) is 12.2. The Morgan fingerprint density at radius 1 is 1.45 bits per heavy atom. The summed E-state index contributed by atoms with van der Waals surface area (Å²) in [6, 6.07) is 5.93. The minimum atomic E-state index is 0.169. The van der Waals surface area contributed by atoms with Gasteiger partial charge in [0.1, 0.15) is 5.75 Å². The van der Waals surface area contributed by atoms with Gasteiger partial charge < -0.3 is 10.1 Å². The van der Waals surface area contributed by atoms with Crippen molar-refractivity contribution in [2.24, 2.45) is 7.05 Å². The molecular weight excluding hydrogens is 274 g/mol. The van der Waals surface area contributed by atoms with Crippen LogP contribution in [0.2, 0.25) is 5.02 Å². The van der Waals surface area contributed by atoms with E-state index in [0.717, 1.165) is 23.4 Å². The maximum Gasteiger partial charge on any atom is 0.138 e. The molecule has 20 heavy (non-hydrogen) atoms. The fourth-order valence-corrected chi connectivity index (χ4v) is 2.15. The van der Waals surface area contributed by atoms with E-state index >= 15 is 0 Å². The molecule has 2 aromatic rings. The molecule has 0 aliphatic carbocycles. The van der Waals surface area contributed by atoms with Gasteiger partial charge in [-0.05, 0) is 31.5 Å². The molecule has 0 radical (unpaired) electrons. The van der Waals surface area contributed by atoms with E-state index in [-0.39, 0.29) is 6.04 Å². The predicted octanol–water partition coefficient (Wildman–Crippen LogP) is 4.04. The second-order valence-electron chi connectivity index (χ2n) is 4.81. The average molecular weight is 294 g/mol. The van der Waals surface area contributed by atoms with Crippen molar-refractivity contribution in [3.8, 4) is 5.75 Å². The fraction of sp³-hybridized carbons (Fsp3) is 0.400. The highest BCUT2D eigenvalue weighted by Gasteiger charge is 2.09. The lowest BCUT2D eigenvalue weighted by Gasteiger charge is -2.15. The summed E-state index contributed by atoms with van der Waals surface area (Å²) in [5.41, 5.74) is 2.10. The van der Waals surface area contributed by atoms with Crippen LogP contribution in [0.3, 0.4) is 0 Å². The summed E-state index contributed by atoms with van der Waals surface area (Å²) in [4.78, 5) is 0. The molecule has 0 fully saturated rings. The number of hydrogen-bond acceptors (Lipinski definition) is 3. The Morgan fingerprint density at radius 3 is 2.85 bits per heavy atom. The molecule has 1 aromatic carbocycles. The molecule has 1 unspecified atom stereocenters. The summed E-state index contributed by atoms with van der Waals surface area (Å²) in [5, 5.41) is 8.20. The molecule has 0 amide bonds. The molecule has 5 heteroatoms. The Bertz CT molecular complexity index is 568. The van der Waals surface area contributed by atoms with Gasteiger partial charge >= 0.3 is 0 Å². The number of ether oxygens (including phenoxy) is 1. The first-order chi connectivity index (χ1) is 9.60. The highest BCUT2D eigenvalue weighted by atomic mass is 35.5. The number of aryl methyl sites for hydroxylation is 1. The molecule has 108 valence electrons. The fourth-order valence-electron chi connectivity index (χ4n) is 1.92. The van der Waals surface area contributed by atoms with E-state index in [1.165, 1.54) is 0 Å². The lowest BCUT2D eigenvalue weighted by atomic mass is 10.2. The van der Waals surface area contributed by atoms with Crippen LogP contribution < -0.4 is 10.1 Å². The Kier molecular flexibility index (Phi) is 4.90. The summed E-state index contributed by atoms with van der Waals surface area (Å²) in [7, 11) is 1.91. The highest BCUT2D eigenvalue weighted by Crippen LogP contribution is 2.29. The molecule has 1 atom stereocenters. The zero-order chi connectivity index (χ0) is 14.5. The minimum Gasteiger partial charge on any atom is -0.492 e. The summed E-state index contributed by atoms with van der Waals surface area (Å²) in [6.45, 7) is 4.84. The second kappa shape index (κ2) is 6.66. The maximum absolute atomic E-state index is 6.22. The first-order valence-electron chi connectivity index (χ1n) is 6.77. The van der Waals surface area contributed by atoms with E-state index in [1.54, 1.807) is 4.68 Å². The van der Waals surface area contributed by atoms with Gasteiger partial charge in [0.25, 0.3) is 0 Å². The number of nitrogens with one attached hydrogen (secondary N) is 1. The van der Waals surface area contributed by atoms with Crippen LogP contribution in [-0.4, -0.2) is 16.4 Å². The van der Waals surface area contributed by atoms with Crippen molar-refractivity contribution in [2.45, 2.75) is 26.3 Å². The zero-order valence-corrected chi connectivity index (χ0v) is 12.8. The molecular formula is C15H20ClN3O. The number of halogens is 1. The number of benzene rings is 1. The molecule has 1 N–H and O–H groups in total. The Hall–Kier alpha value is -1.68. The molecule has 0 bridgehead atoms. The van der Waals surface area contributed by atoms with Crippen molar-refractivity contribution in [1.82, 2.24) is 9.78 Å². The molecule has 1 heterocycles. The number of aromatic nitrogens is 2. The van der Waals surface area contributed by atoms with Gasteiger partial charge in [-0.15, -0.1) is 0 Å². The summed E-state index contributed by atoms with van der Waals surface area (Å²) in [6.07, 6.45) is 4.82. The van der Waals surface area contributed by atoms with E-state index in [2.05, 4.69) is 24.3 Å². The number of rotatable bonds is 6. The molecule has 0 saturated carbocycles. The minimum absolute atomic E-state index is 0.169. The third kappa shape index (κ3) is 3.67. The number of nitrogens with zero attached hydrogens (tertiary/aromatic N) is 2. The second-order valence-corrected chi connectivity index (χ2v) is 5.21. The van der Waals surface area contributed by atoms with Crippen molar-refractivity contribution < 1.29 is 4.74 Å². The SMILES string of the molecule is CCCOc1ccc(NC(C)c2cnn(C)c2)cc1Cl. The quantitative estimate of drug-likeness (QED) is 0.874. The Labute approximate surface area is 124 Å². The summed E-state index contributed by atoms with van der Waals surface area (Å²) in [5.74, 6) is 0.730. The monoisotopic (exact) mass is 293 g/mol. The first-order valence-corrected chi connectivity index (χ1v) is 7.15. The largest absolute Gasteiger partial charge is 0.492 e. The van der Waals surface area contributed by atoms with Crippen LogP contribution in [0.25, 0.3) is 0 Å². The smallest absolute Gasteiger partial charge is 0.138 e. The van der Waals surface area contributed by atoms with Gasteiger partial charge in [0.15, 0.2) is 0 Å². The standard InChI is InChI=1S/C15H20ClN3O/c1-4-7-20-15-6-5-13(8-14(15)16)18-11(2)12-9-17-19(3)10-12/h5-6,8-11,18H,4,7H2,1-3H3. The van der Waals surface area contributed by atoms with E-state index in [0.29, 0.717) is 11.6 Å². The average Bonchev–Trinajstić information content (AvgIpc) is 2.85. The van der Waals surface area contributed by atoms with E-state index in [9.17, 15) is 0 Å². The van der Waals surface area contributed by atoms with E-state index in [1.807, 2.05) is 37.6 Å². The number of hydrogen-bond donors (Lipinski definition) is 1.